The van der Waals surface area contributed by atoms with Crippen molar-refractivity contribution < 1.29 is 9.47 Å². The van der Waals surface area contributed by atoms with Crippen LogP contribution in [-0.4, -0.2) is 47.6 Å². The highest BCUT2D eigenvalue weighted by molar-refractivity contribution is 5.42. The number of nitrogens with zero attached hydrogens (tertiary/aromatic N) is 2. The zero-order chi connectivity index (χ0) is 25.8. The van der Waals surface area contributed by atoms with Crippen molar-refractivity contribution in [3.05, 3.63) is 57.4 Å². The number of hydrogen-bond donors (Lipinski definition) is 2. The van der Waals surface area contributed by atoms with Gasteiger partial charge in [0.2, 0.25) is 0 Å². The third-order valence-corrected chi connectivity index (χ3v) is 7.79. The van der Waals surface area contributed by atoms with Crippen LogP contribution in [0.4, 0.5) is 11.4 Å². The standard InChI is InChI=1S/C28H42N4O4/c1-18(2)29-21-9-7-14-32(27(21)33)24-16-20(17-26(24)36-5)15-19(3)30-22-10-8-13-31(28(22)34)23-11-6-12-25(23)35-4/h7-10,13-14,18-20,23-26,29-30H,6,11-12,15-17H2,1-5H3/t19?,20?,23-,24+,25+,26+/m0/s1. The Balaban J connectivity index is 1.44. The highest BCUT2D eigenvalue weighted by Crippen LogP contribution is 2.39. The second-order valence-electron chi connectivity index (χ2n) is 10.8. The molecule has 0 aliphatic heterocycles. The van der Waals surface area contributed by atoms with Gasteiger partial charge in [-0.2, -0.15) is 0 Å². The molecule has 2 aromatic heterocycles. The van der Waals surface area contributed by atoms with E-state index in [0.29, 0.717) is 17.3 Å². The van der Waals surface area contributed by atoms with Crippen LogP contribution >= 0.6 is 0 Å². The molecule has 2 aliphatic rings. The lowest BCUT2D eigenvalue weighted by Gasteiger charge is -2.23. The molecule has 2 unspecified atom stereocenters. The summed E-state index contributed by atoms with van der Waals surface area (Å²) in [7, 11) is 3.46. The summed E-state index contributed by atoms with van der Waals surface area (Å²) in [5.41, 5.74) is 1.27. The van der Waals surface area contributed by atoms with Crippen LogP contribution in [0.15, 0.2) is 46.2 Å². The lowest BCUT2D eigenvalue weighted by molar-refractivity contribution is 0.0721. The molecule has 2 saturated carbocycles. The van der Waals surface area contributed by atoms with Gasteiger partial charge in [-0.1, -0.05) is 0 Å². The molecule has 36 heavy (non-hydrogen) atoms. The number of pyridine rings is 2. The summed E-state index contributed by atoms with van der Waals surface area (Å²) in [5.74, 6) is 0.384. The maximum atomic E-state index is 13.3. The molecule has 0 bridgehead atoms. The smallest absolute Gasteiger partial charge is 0.274 e. The molecule has 6 atom stereocenters. The minimum Gasteiger partial charge on any atom is -0.379 e. The van der Waals surface area contributed by atoms with Crippen LogP contribution < -0.4 is 21.8 Å². The van der Waals surface area contributed by atoms with Crippen LogP contribution in [0.2, 0.25) is 0 Å². The largest absolute Gasteiger partial charge is 0.379 e. The van der Waals surface area contributed by atoms with Gasteiger partial charge in [-0.15, -0.1) is 0 Å². The number of anilines is 2. The Hall–Kier alpha value is -2.58. The molecular formula is C28H42N4O4. The molecule has 2 aromatic rings. The summed E-state index contributed by atoms with van der Waals surface area (Å²) >= 11 is 0. The number of hydrogen-bond acceptors (Lipinski definition) is 6. The van der Waals surface area contributed by atoms with Gasteiger partial charge in [0.15, 0.2) is 0 Å². The molecule has 0 saturated heterocycles. The first kappa shape index (κ1) is 26.5. The van der Waals surface area contributed by atoms with Crippen LogP contribution in [0.5, 0.6) is 0 Å². The van der Waals surface area contributed by atoms with Crippen molar-refractivity contribution in [3.63, 3.8) is 0 Å². The van der Waals surface area contributed by atoms with Gasteiger partial charge in [0.05, 0.1) is 24.3 Å². The Labute approximate surface area is 214 Å². The minimum absolute atomic E-state index is 0.00353. The molecule has 2 fully saturated rings. The van der Waals surface area contributed by atoms with Crippen molar-refractivity contribution in [2.45, 2.75) is 95.7 Å². The van der Waals surface area contributed by atoms with E-state index in [4.69, 9.17) is 9.47 Å². The van der Waals surface area contributed by atoms with E-state index in [0.717, 1.165) is 38.5 Å². The first-order valence-electron chi connectivity index (χ1n) is 13.3. The van der Waals surface area contributed by atoms with Crippen molar-refractivity contribution in [1.82, 2.24) is 9.13 Å². The van der Waals surface area contributed by atoms with Crippen molar-refractivity contribution >= 4 is 11.4 Å². The lowest BCUT2D eigenvalue weighted by Crippen LogP contribution is -2.32. The molecule has 0 spiro atoms. The van der Waals surface area contributed by atoms with Crippen LogP contribution in [0.1, 0.15) is 71.4 Å². The topological polar surface area (TPSA) is 86.5 Å². The zero-order valence-electron chi connectivity index (χ0n) is 22.3. The van der Waals surface area contributed by atoms with Gasteiger partial charge in [0, 0.05) is 38.7 Å². The number of methoxy groups -OCH3 is 2. The summed E-state index contributed by atoms with van der Waals surface area (Å²) in [6, 6.07) is 7.97. The predicted octanol–water partition coefficient (Wildman–Crippen LogP) is 4.43. The van der Waals surface area contributed by atoms with Crippen molar-refractivity contribution in [2.75, 3.05) is 24.9 Å². The van der Waals surface area contributed by atoms with Gasteiger partial charge in [-0.3, -0.25) is 9.59 Å². The normalized spacial score (nSPS) is 26.9. The monoisotopic (exact) mass is 498 g/mol. The van der Waals surface area contributed by atoms with Gasteiger partial charge >= 0.3 is 0 Å². The van der Waals surface area contributed by atoms with E-state index >= 15 is 0 Å². The molecule has 0 radical (unpaired) electrons. The van der Waals surface area contributed by atoms with Gasteiger partial charge < -0.3 is 29.2 Å². The van der Waals surface area contributed by atoms with Crippen LogP contribution in [-0.2, 0) is 9.47 Å². The summed E-state index contributed by atoms with van der Waals surface area (Å²) in [6.07, 6.45) is 9.51. The van der Waals surface area contributed by atoms with E-state index in [1.807, 2.05) is 59.6 Å². The van der Waals surface area contributed by atoms with Gasteiger partial charge in [-0.05, 0) is 89.5 Å². The summed E-state index contributed by atoms with van der Waals surface area (Å²) in [5, 5.41) is 6.72. The third-order valence-electron chi connectivity index (χ3n) is 7.79. The SMILES string of the molecule is CO[C@@H]1CC(CC(C)Nc2cccn([C@H]3CCC[C@H]3OC)c2=O)C[C@H]1n1cccc(NC(C)C)c1=O. The maximum absolute atomic E-state index is 13.3. The van der Waals surface area contributed by atoms with Gasteiger partial charge in [0.1, 0.15) is 11.4 Å². The predicted molar refractivity (Wildman–Crippen MR) is 144 cm³/mol. The molecule has 2 N–H and O–H groups in total. The Morgan fingerprint density at radius 3 is 2.08 bits per heavy atom. The van der Waals surface area contributed by atoms with Crippen molar-refractivity contribution in [2.24, 2.45) is 5.92 Å². The minimum atomic E-state index is -0.0171. The van der Waals surface area contributed by atoms with Gasteiger partial charge in [0.25, 0.3) is 11.1 Å². The van der Waals surface area contributed by atoms with E-state index in [9.17, 15) is 9.59 Å². The van der Waals surface area contributed by atoms with E-state index in [-0.39, 0.29) is 47.5 Å². The van der Waals surface area contributed by atoms with E-state index < -0.39 is 0 Å². The Morgan fingerprint density at radius 2 is 1.47 bits per heavy atom. The highest BCUT2D eigenvalue weighted by atomic mass is 16.5. The van der Waals surface area contributed by atoms with E-state index in [1.54, 1.807) is 14.2 Å². The fraction of sp³-hybridized carbons (Fsp3) is 0.643. The fourth-order valence-corrected chi connectivity index (χ4v) is 6.21. The van der Waals surface area contributed by atoms with E-state index in [1.165, 1.54) is 0 Å². The van der Waals surface area contributed by atoms with Crippen LogP contribution in [0, 0.1) is 5.92 Å². The Kier molecular flexibility index (Phi) is 8.57. The summed E-state index contributed by atoms with van der Waals surface area (Å²) < 4.78 is 15.1. The fourth-order valence-electron chi connectivity index (χ4n) is 6.21. The average molecular weight is 499 g/mol. The molecule has 2 heterocycles. The number of nitrogens with one attached hydrogen (secondary N) is 2. The van der Waals surface area contributed by atoms with E-state index in [2.05, 4.69) is 17.6 Å². The number of ether oxygens (including phenoxy) is 2. The second kappa shape index (κ2) is 11.6. The number of rotatable bonds is 10. The summed E-state index contributed by atoms with van der Waals surface area (Å²) in [6.45, 7) is 6.18. The number of aromatic nitrogens is 2. The molecule has 0 aromatic carbocycles. The zero-order valence-corrected chi connectivity index (χ0v) is 22.3. The molecule has 2 aliphatic carbocycles. The van der Waals surface area contributed by atoms with Crippen LogP contribution in [0.25, 0.3) is 0 Å². The lowest BCUT2D eigenvalue weighted by atomic mass is 9.98. The second-order valence-corrected chi connectivity index (χ2v) is 10.8. The average Bonchev–Trinajstić information content (AvgIpc) is 3.48. The Bertz CT molecular complexity index is 1130. The molecular weight excluding hydrogens is 456 g/mol. The van der Waals surface area contributed by atoms with Crippen molar-refractivity contribution in [3.8, 4) is 0 Å². The first-order chi connectivity index (χ1) is 17.3. The molecule has 198 valence electrons. The van der Waals surface area contributed by atoms with Crippen molar-refractivity contribution in [1.29, 1.82) is 0 Å². The maximum Gasteiger partial charge on any atom is 0.274 e. The van der Waals surface area contributed by atoms with Gasteiger partial charge in [-0.25, -0.2) is 0 Å². The molecule has 8 nitrogen and oxygen atoms in total. The summed E-state index contributed by atoms with van der Waals surface area (Å²) in [4.78, 5) is 26.4. The first-order valence-corrected chi connectivity index (χ1v) is 13.3. The Morgan fingerprint density at radius 1 is 0.861 bits per heavy atom. The highest BCUT2D eigenvalue weighted by Gasteiger charge is 2.37. The van der Waals surface area contributed by atoms with Crippen LogP contribution in [0.3, 0.4) is 0 Å². The molecule has 4 rings (SSSR count). The quantitative estimate of drug-likeness (QED) is 0.504. The molecule has 8 heteroatoms. The third kappa shape index (κ3) is 5.70. The molecule has 0 amide bonds.